The molecule has 0 saturated carbocycles. The Hall–Kier alpha value is -1.29. The molecule has 3 rings (SSSR count). The predicted octanol–water partition coefficient (Wildman–Crippen LogP) is 5.26. The van der Waals surface area contributed by atoms with Gasteiger partial charge in [-0.2, -0.15) is 0 Å². The second-order valence-electron chi connectivity index (χ2n) is 4.41. The Bertz CT molecular complexity index is 722. The average molecular weight is 323 g/mol. The lowest BCUT2D eigenvalue weighted by Gasteiger charge is -2.02. The normalized spacial score (nSPS) is 10.9. The molecule has 102 valence electrons. The van der Waals surface area contributed by atoms with Gasteiger partial charge in [-0.05, 0) is 36.2 Å². The standard InChI is InChI=1S/C15H12Cl2N2S/c16-11-6-4-10(5-7-11)8-9-18-15-19-13-3-1-2-12(17)14(13)20-15/h1-7H,8-9H2,(H,18,19). The van der Waals surface area contributed by atoms with E-state index >= 15 is 0 Å². The lowest BCUT2D eigenvalue weighted by atomic mass is 10.1. The summed E-state index contributed by atoms with van der Waals surface area (Å²) in [5.41, 5.74) is 2.19. The molecule has 0 aliphatic rings. The number of rotatable bonds is 4. The maximum atomic E-state index is 6.15. The molecule has 0 radical (unpaired) electrons. The Morgan fingerprint density at radius 1 is 1.05 bits per heavy atom. The molecule has 3 aromatic rings. The van der Waals surface area contributed by atoms with E-state index < -0.39 is 0 Å². The number of nitrogens with zero attached hydrogens (tertiary/aromatic N) is 1. The van der Waals surface area contributed by atoms with Crippen LogP contribution in [-0.4, -0.2) is 11.5 Å². The van der Waals surface area contributed by atoms with Crippen LogP contribution in [0.25, 0.3) is 10.2 Å². The summed E-state index contributed by atoms with van der Waals surface area (Å²) in [5.74, 6) is 0. The third-order valence-corrected chi connectivity index (χ3v) is 4.71. The fourth-order valence-corrected chi connectivity index (χ4v) is 3.26. The van der Waals surface area contributed by atoms with Crippen molar-refractivity contribution < 1.29 is 0 Å². The Morgan fingerprint density at radius 2 is 1.85 bits per heavy atom. The molecule has 0 bridgehead atoms. The SMILES string of the molecule is Clc1ccc(CCNc2nc3cccc(Cl)c3s2)cc1. The molecule has 5 heteroatoms. The summed E-state index contributed by atoms with van der Waals surface area (Å²) in [6.45, 7) is 0.832. The van der Waals surface area contributed by atoms with Gasteiger partial charge in [0.05, 0.1) is 15.2 Å². The van der Waals surface area contributed by atoms with Gasteiger partial charge in [-0.1, -0.05) is 52.7 Å². The minimum absolute atomic E-state index is 0.755. The first kappa shape index (κ1) is 13.7. The molecular weight excluding hydrogens is 311 g/mol. The van der Waals surface area contributed by atoms with Gasteiger partial charge in [0.1, 0.15) is 0 Å². The second-order valence-corrected chi connectivity index (χ2v) is 6.25. The van der Waals surface area contributed by atoms with Crippen molar-refractivity contribution in [3.05, 3.63) is 58.1 Å². The summed E-state index contributed by atoms with van der Waals surface area (Å²) >= 11 is 13.6. The zero-order valence-electron chi connectivity index (χ0n) is 10.6. The number of fused-ring (bicyclic) bond motifs is 1. The summed E-state index contributed by atoms with van der Waals surface area (Å²) in [5, 5.41) is 5.77. The molecule has 0 fully saturated rings. The van der Waals surface area contributed by atoms with E-state index in [0.717, 1.165) is 38.4 Å². The van der Waals surface area contributed by atoms with E-state index in [1.165, 1.54) is 5.56 Å². The van der Waals surface area contributed by atoms with Gasteiger partial charge in [-0.25, -0.2) is 4.98 Å². The summed E-state index contributed by atoms with van der Waals surface area (Å²) in [6.07, 6.45) is 0.931. The van der Waals surface area contributed by atoms with Gasteiger partial charge in [0, 0.05) is 11.6 Å². The third-order valence-electron chi connectivity index (χ3n) is 2.97. The van der Waals surface area contributed by atoms with Crippen LogP contribution in [0.2, 0.25) is 10.0 Å². The second kappa shape index (κ2) is 6.00. The first-order valence-corrected chi connectivity index (χ1v) is 7.83. The first-order chi connectivity index (χ1) is 9.72. The average Bonchev–Trinajstić information content (AvgIpc) is 2.85. The number of hydrogen-bond donors (Lipinski definition) is 1. The molecular formula is C15H12Cl2N2S. The maximum Gasteiger partial charge on any atom is 0.183 e. The fraction of sp³-hybridized carbons (Fsp3) is 0.133. The van der Waals surface area contributed by atoms with Gasteiger partial charge in [0.25, 0.3) is 0 Å². The Labute approximate surface area is 131 Å². The molecule has 0 aliphatic carbocycles. The highest BCUT2D eigenvalue weighted by Crippen LogP contribution is 2.31. The topological polar surface area (TPSA) is 24.9 Å². The highest BCUT2D eigenvalue weighted by atomic mass is 35.5. The van der Waals surface area contributed by atoms with Crippen LogP contribution in [-0.2, 0) is 6.42 Å². The molecule has 1 N–H and O–H groups in total. The number of anilines is 1. The number of hydrogen-bond acceptors (Lipinski definition) is 3. The summed E-state index contributed by atoms with van der Waals surface area (Å²) < 4.78 is 1.03. The monoisotopic (exact) mass is 322 g/mol. The molecule has 2 nitrogen and oxygen atoms in total. The van der Waals surface area contributed by atoms with E-state index in [1.807, 2.05) is 42.5 Å². The van der Waals surface area contributed by atoms with Gasteiger partial charge in [0.2, 0.25) is 0 Å². The van der Waals surface area contributed by atoms with Crippen LogP contribution >= 0.6 is 34.5 Å². The van der Waals surface area contributed by atoms with E-state index in [2.05, 4.69) is 10.3 Å². The van der Waals surface area contributed by atoms with E-state index in [1.54, 1.807) is 11.3 Å². The summed E-state index contributed by atoms with van der Waals surface area (Å²) in [4.78, 5) is 4.52. The number of thiazole rings is 1. The van der Waals surface area contributed by atoms with Crippen molar-refractivity contribution in [2.45, 2.75) is 6.42 Å². The number of aromatic nitrogens is 1. The molecule has 0 aliphatic heterocycles. The van der Waals surface area contributed by atoms with E-state index in [-0.39, 0.29) is 0 Å². The predicted molar refractivity (Wildman–Crippen MR) is 88.3 cm³/mol. The molecule has 0 saturated heterocycles. The molecule has 1 heterocycles. The number of nitrogens with one attached hydrogen (secondary N) is 1. The third kappa shape index (κ3) is 3.06. The van der Waals surface area contributed by atoms with Crippen LogP contribution in [0.5, 0.6) is 0 Å². The lowest BCUT2D eigenvalue weighted by Crippen LogP contribution is -2.04. The summed E-state index contributed by atoms with van der Waals surface area (Å²) in [7, 11) is 0. The highest BCUT2D eigenvalue weighted by molar-refractivity contribution is 7.22. The first-order valence-electron chi connectivity index (χ1n) is 6.26. The molecule has 0 spiro atoms. The van der Waals surface area contributed by atoms with Crippen molar-refractivity contribution in [3.8, 4) is 0 Å². The van der Waals surface area contributed by atoms with Gasteiger partial charge in [0.15, 0.2) is 5.13 Å². The molecule has 20 heavy (non-hydrogen) atoms. The fourth-order valence-electron chi connectivity index (χ4n) is 1.96. The minimum Gasteiger partial charge on any atom is -0.361 e. The zero-order chi connectivity index (χ0) is 13.9. The molecule has 0 unspecified atom stereocenters. The van der Waals surface area contributed by atoms with Crippen molar-refractivity contribution in [1.29, 1.82) is 0 Å². The Kier molecular flexibility index (Phi) is 4.10. The van der Waals surface area contributed by atoms with E-state index in [4.69, 9.17) is 23.2 Å². The van der Waals surface area contributed by atoms with Crippen molar-refractivity contribution >= 4 is 49.9 Å². The Morgan fingerprint density at radius 3 is 2.60 bits per heavy atom. The smallest absolute Gasteiger partial charge is 0.183 e. The van der Waals surface area contributed by atoms with Crippen LogP contribution in [0.1, 0.15) is 5.56 Å². The van der Waals surface area contributed by atoms with Gasteiger partial charge in [-0.3, -0.25) is 0 Å². The Balaban J connectivity index is 1.65. The highest BCUT2D eigenvalue weighted by Gasteiger charge is 2.06. The van der Waals surface area contributed by atoms with Crippen LogP contribution in [0, 0.1) is 0 Å². The molecule has 0 amide bonds. The van der Waals surface area contributed by atoms with Crippen LogP contribution < -0.4 is 5.32 Å². The van der Waals surface area contributed by atoms with Crippen molar-refractivity contribution in [1.82, 2.24) is 4.98 Å². The van der Waals surface area contributed by atoms with Gasteiger partial charge in [-0.15, -0.1) is 0 Å². The molecule has 0 atom stereocenters. The van der Waals surface area contributed by atoms with Crippen molar-refractivity contribution in [3.63, 3.8) is 0 Å². The maximum absolute atomic E-state index is 6.15. The molecule has 1 aromatic heterocycles. The largest absolute Gasteiger partial charge is 0.361 e. The lowest BCUT2D eigenvalue weighted by molar-refractivity contribution is 1.02. The quantitative estimate of drug-likeness (QED) is 0.708. The van der Waals surface area contributed by atoms with Crippen molar-refractivity contribution in [2.75, 3.05) is 11.9 Å². The minimum atomic E-state index is 0.755. The van der Waals surface area contributed by atoms with Gasteiger partial charge < -0.3 is 5.32 Å². The zero-order valence-corrected chi connectivity index (χ0v) is 12.9. The van der Waals surface area contributed by atoms with Crippen LogP contribution in [0.4, 0.5) is 5.13 Å². The number of halogens is 2. The van der Waals surface area contributed by atoms with E-state index in [0.29, 0.717) is 0 Å². The van der Waals surface area contributed by atoms with Crippen molar-refractivity contribution in [2.24, 2.45) is 0 Å². The van der Waals surface area contributed by atoms with Crippen LogP contribution in [0.15, 0.2) is 42.5 Å². The summed E-state index contributed by atoms with van der Waals surface area (Å²) in [6, 6.07) is 13.7. The van der Waals surface area contributed by atoms with Crippen LogP contribution in [0.3, 0.4) is 0 Å². The molecule has 2 aromatic carbocycles. The van der Waals surface area contributed by atoms with Gasteiger partial charge >= 0.3 is 0 Å². The van der Waals surface area contributed by atoms with E-state index in [9.17, 15) is 0 Å². The number of benzene rings is 2.